The topological polar surface area (TPSA) is 69.9 Å². The summed E-state index contributed by atoms with van der Waals surface area (Å²) in [6, 6.07) is 17.6. The lowest BCUT2D eigenvalue weighted by atomic mass is 9.88. The number of ketones is 1. The summed E-state index contributed by atoms with van der Waals surface area (Å²) in [5.41, 5.74) is 8.39. The lowest BCUT2D eigenvalue weighted by Gasteiger charge is -2.20. The van der Waals surface area contributed by atoms with Crippen LogP contribution in [-0.2, 0) is 16.2 Å². The molecule has 10 heteroatoms. The summed E-state index contributed by atoms with van der Waals surface area (Å²) >= 11 is 0. The Kier molecular flexibility index (Phi) is 13.2. The first-order chi connectivity index (χ1) is 26.6. The Morgan fingerprint density at radius 1 is 0.929 bits per heavy atom. The first kappa shape index (κ1) is 41.9. The predicted molar refractivity (Wildman–Crippen MR) is 217 cm³/mol. The number of carbonyl (C=O) groups excluding carboxylic acids is 2. The van der Waals surface area contributed by atoms with Gasteiger partial charge in [-0.3, -0.25) is 4.79 Å². The third-order valence-electron chi connectivity index (χ3n) is 10.3. The van der Waals surface area contributed by atoms with Crippen molar-refractivity contribution in [2.24, 2.45) is 11.1 Å². The first-order valence-corrected chi connectivity index (χ1v) is 19.1. The van der Waals surface area contributed by atoms with Gasteiger partial charge in [-0.05, 0) is 99.5 Å². The molecule has 0 spiro atoms. The third-order valence-corrected chi connectivity index (χ3v) is 10.3. The molecule has 1 aromatic heterocycles. The van der Waals surface area contributed by atoms with E-state index in [1.54, 1.807) is 12.1 Å². The lowest BCUT2D eigenvalue weighted by molar-refractivity contribution is -0.148. The van der Waals surface area contributed by atoms with Gasteiger partial charge in [0, 0.05) is 52.0 Å². The summed E-state index contributed by atoms with van der Waals surface area (Å²) in [6.45, 7) is 14.6. The van der Waals surface area contributed by atoms with Crippen molar-refractivity contribution in [3.8, 4) is 5.75 Å². The van der Waals surface area contributed by atoms with E-state index in [1.165, 1.54) is 25.1 Å². The molecule has 296 valence electrons. The van der Waals surface area contributed by atoms with Gasteiger partial charge in [0.15, 0.2) is 12.4 Å². The molecule has 1 heterocycles. The average molecular weight is 771 g/mol. The van der Waals surface area contributed by atoms with Gasteiger partial charge in [0.05, 0.1) is 5.52 Å². The number of hydrogen-bond acceptors (Lipinski definition) is 5. The van der Waals surface area contributed by atoms with Crippen LogP contribution in [0.4, 0.5) is 17.6 Å². The number of aryl methyl sites for hydroxylation is 4. The molecule has 0 fully saturated rings. The molecule has 0 saturated carbocycles. The molecular weight excluding hydrogens is 721 g/mol. The van der Waals surface area contributed by atoms with Crippen molar-refractivity contribution < 1.29 is 36.7 Å². The molecule has 5 rings (SSSR count). The number of para-hydroxylation sites is 1. The zero-order valence-corrected chi connectivity index (χ0v) is 33.4. The van der Waals surface area contributed by atoms with Gasteiger partial charge >= 0.3 is 18.3 Å². The number of rotatable bonds is 16. The fraction of sp³-hybridized carbons (Fsp3) is 0.370. The maximum atomic E-state index is 14.7. The van der Waals surface area contributed by atoms with Gasteiger partial charge in [-0.2, -0.15) is 8.78 Å². The largest absolute Gasteiger partial charge is 0.486 e. The zero-order chi connectivity index (χ0) is 40.9. The van der Waals surface area contributed by atoms with Crippen molar-refractivity contribution in [1.82, 2.24) is 4.57 Å². The minimum absolute atomic E-state index is 0.0674. The fourth-order valence-corrected chi connectivity index (χ4v) is 7.63. The molecular formula is C46H50F4N2O4. The number of unbranched alkanes of at least 4 members (excludes halogenated alkanes) is 1. The Morgan fingerprint density at radius 3 is 2.25 bits per heavy atom. The van der Waals surface area contributed by atoms with E-state index in [1.807, 2.05) is 77.1 Å². The number of oxime groups is 1. The van der Waals surface area contributed by atoms with Gasteiger partial charge in [0.2, 0.25) is 0 Å². The highest BCUT2D eigenvalue weighted by atomic mass is 19.3. The zero-order valence-electron chi connectivity index (χ0n) is 33.4. The van der Waals surface area contributed by atoms with Crippen LogP contribution in [0.15, 0.2) is 71.9 Å². The van der Waals surface area contributed by atoms with Crippen LogP contribution in [0, 0.1) is 33.6 Å². The van der Waals surface area contributed by atoms with Crippen LogP contribution in [-0.4, -0.2) is 41.0 Å². The summed E-state index contributed by atoms with van der Waals surface area (Å²) in [6.07, 6.45) is 4.20. The average Bonchev–Trinajstić information content (AvgIpc) is 3.45. The molecule has 0 aliphatic heterocycles. The molecule has 5 aromatic rings. The number of fused-ring (bicyclic) bond motifs is 3. The summed E-state index contributed by atoms with van der Waals surface area (Å²) in [5.74, 6) is -4.98. The summed E-state index contributed by atoms with van der Waals surface area (Å²) in [7, 11) is 0. The fourth-order valence-electron chi connectivity index (χ4n) is 7.63. The highest BCUT2D eigenvalue weighted by Crippen LogP contribution is 2.39. The standard InChI is InChI=1S/C46H50F4N2O4/c1-9-12-16-32(11-3)25-52-39-20-19-33(42(51-56-31(8)53)35-17-13-14-18-40(35)55-26-46(49,50)45(47)48)23-36(39)37-24-38(34(15-10-2)30(7)43(37)52)44(54)41-28(5)21-27(4)22-29(41)6/h10,13-15,17-24,32,45H,9,11-12,16,25-26H2,1-8H3/b15-10-,51-42+. The molecule has 6 nitrogen and oxygen atoms in total. The number of ether oxygens (including phenoxy) is 1. The van der Waals surface area contributed by atoms with Gasteiger partial charge in [-0.25, -0.2) is 13.6 Å². The number of nitrogens with zero attached hydrogens (tertiary/aromatic N) is 2. The molecule has 1 atom stereocenters. The number of aromatic nitrogens is 1. The minimum Gasteiger partial charge on any atom is -0.486 e. The second-order valence-electron chi connectivity index (χ2n) is 14.6. The van der Waals surface area contributed by atoms with Crippen molar-refractivity contribution >= 4 is 45.3 Å². The Balaban J connectivity index is 1.82. The maximum absolute atomic E-state index is 14.7. The smallest absolute Gasteiger partial charge is 0.340 e. The van der Waals surface area contributed by atoms with Crippen molar-refractivity contribution in [1.29, 1.82) is 0 Å². The summed E-state index contributed by atoms with van der Waals surface area (Å²) in [4.78, 5) is 31.8. The molecule has 0 aliphatic carbocycles. The third kappa shape index (κ3) is 8.74. The monoisotopic (exact) mass is 770 g/mol. The lowest BCUT2D eigenvalue weighted by Crippen LogP contribution is -2.34. The second-order valence-corrected chi connectivity index (χ2v) is 14.6. The van der Waals surface area contributed by atoms with Crippen molar-refractivity contribution in [2.75, 3.05) is 6.61 Å². The summed E-state index contributed by atoms with van der Waals surface area (Å²) < 4.78 is 61.8. The van der Waals surface area contributed by atoms with E-state index in [0.717, 1.165) is 81.9 Å². The molecule has 0 radical (unpaired) electrons. The van der Waals surface area contributed by atoms with Gasteiger partial charge in [0.1, 0.15) is 11.5 Å². The van der Waals surface area contributed by atoms with Gasteiger partial charge in [-0.1, -0.05) is 86.3 Å². The molecule has 1 unspecified atom stereocenters. The van der Waals surface area contributed by atoms with E-state index >= 15 is 0 Å². The van der Waals surface area contributed by atoms with Crippen LogP contribution in [0.25, 0.3) is 27.9 Å². The molecule has 0 bridgehead atoms. The second kappa shape index (κ2) is 17.7. The van der Waals surface area contributed by atoms with Crippen LogP contribution >= 0.6 is 0 Å². The predicted octanol–water partition coefficient (Wildman–Crippen LogP) is 12.1. The van der Waals surface area contributed by atoms with E-state index in [-0.39, 0.29) is 22.8 Å². The number of alkyl halides is 4. The number of halogens is 4. The van der Waals surface area contributed by atoms with Crippen LogP contribution in [0.1, 0.15) is 108 Å². The Labute approximate surface area is 326 Å². The SMILES string of the molecule is C/C=C\c1c(C(=O)c2c(C)cc(C)cc2C)cc2c3cc(/C(=N\OC(C)=O)c4ccccc4OCC(F)(F)C(F)F)ccc3n(CC(CC)CCCC)c2c1C. The number of hydrogen-bond donors (Lipinski definition) is 0. The Bertz CT molecular complexity index is 2300. The molecule has 0 saturated heterocycles. The van der Waals surface area contributed by atoms with Crippen molar-refractivity contribution in [3.63, 3.8) is 0 Å². The van der Waals surface area contributed by atoms with Crippen LogP contribution in [0.2, 0.25) is 0 Å². The molecule has 4 aromatic carbocycles. The van der Waals surface area contributed by atoms with Crippen molar-refractivity contribution in [3.05, 3.63) is 117 Å². The first-order valence-electron chi connectivity index (χ1n) is 19.1. The maximum Gasteiger partial charge on any atom is 0.340 e. The highest BCUT2D eigenvalue weighted by Gasteiger charge is 2.42. The van der Waals surface area contributed by atoms with Gasteiger partial charge in [0.25, 0.3) is 0 Å². The van der Waals surface area contributed by atoms with E-state index in [2.05, 4.69) is 23.6 Å². The number of benzene rings is 4. The van der Waals surface area contributed by atoms with Gasteiger partial charge in [-0.15, -0.1) is 0 Å². The number of carbonyl (C=O) groups is 2. The Morgan fingerprint density at radius 2 is 1.62 bits per heavy atom. The van der Waals surface area contributed by atoms with Crippen LogP contribution in [0.3, 0.4) is 0 Å². The highest BCUT2D eigenvalue weighted by molar-refractivity contribution is 6.21. The molecule has 0 aliphatic rings. The number of allylic oxidation sites excluding steroid dienone is 1. The van der Waals surface area contributed by atoms with E-state index in [9.17, 15) is 27.2 Å². The van der Waals surface area contributed by atoms with E-state index in [4.69, 9.17) is 9.57 Å². The minimum atomic E-state index is -4.40. The summed E-state index contributed by atoms with van der Waals surface area (Å²) in [5, 5.41) is 5.77. The van der Waals surface area contributed by atoms with Crippen molar-refractivity contribution in [2.45, 2.75) is 100.0 Å². The van der Waals surface area contributed by atoms with Crippen LogP contribution < -0.4 is 4.74 Å². The van der Waals surface area contributed by atoms with E-state index in [0.29, 0.717) is 22.6 Å². The Hall–Kier alpha value is -5.25. The molecule has 56 heavy (non-hydrogen) atoms. The normalized spacial score (nSPS) is 13.0. The van der Waals surface area contributed by atoms with Gasteiger partial charge < -0.3 is 14.1 Å². The molecule has 0 amide bonds. The molecule has 0 N–H and O–H groups in total. The van der Waals surface area contributed by atoms with Crippen LogP contribution in [0.5, 0.6) is 5.75 Å². The quantitative estimate of drug-likeness (QED) is 0.0329. The van der Waals surface area contributed by atoms with E-state index < -0.39 is 24.9 Å².